The van der Waals surface area contributed by atoms with Crippen molar-refractivity contribution >= 4 is 0 Å². The number of aryl methyl sites for hydroxylation is 1. The molecule has 0 saturated heterocycles. The van der Waals surface area contributed by atoms with Crippen LogP contribution in [0.4, 0.5) is 17.6 Å². The van der Waals surface area contributed by atoms with Gasteiger partial charge in [-0.1, -0.05) is 30.3 Å². The second-order valence-electron chi connectivity index (χ2n) is 4.77. The van der Waals surface area contributed by atoms with E-state index in [1.165, 1.54) is 0 Å². The first-order valence-electron chi connectivity index (χ1n) is 6.46. The van der Waals surface area contributed by atoms with Gasteiger partial charge in [-0.05, 0) is 36.6 Å². The van der Waals surface area contributed by atoms with Crippen LogP contribution < -0.4 is 0 Å². The van der Waals surface area contributed by atoms with E-state index in [0.29, 0.717) is 18.6 Å². The Bertz CT molecular complexity index is 593. The number of hydrogen-bond acceptors (Lipinski definition) is 1. The highest BCUT2D eigenvalue weighted by Gasteiger charge is 2.31. The molecule has 0 aromatic heterocycles. The Hall–Kier alpha value is -1.88. The minimum Gasteiger partial charge on any atom is -0.388 e. The summed E-state index contributed by atoms with van der Waals surface area (Å²) >= 11 is 0. The highest BCUT2D eigenvalue weighted by molar-refractivity contribution is 5.29. The largest absolute Gasteiger partial charge is 0.416 e. The summed E-state index contributed by atoms with van der Waals surface area (Å²) in [4.78, 5) is 0. The molecule has 0 heterocycles. The van der Waals surface area contributed by atoms with Crippen molar-refractivity contribution in [2.24, 2.45) is 0 Å². The first kappa shape index (κ1) is 15.5. The summed E-state index contributed by atoms with van der Waals surface area (Å²) in [7, 11) is 0. The molecule has 0 saturated carbocycles. The van der Waals surface area contributed by atoms with E-state index in [-0.39, 0.29) is 12.0 Å². The van der Waals surface area contributed by atoms with Crippen LogP contribution in [0.25, 0.3) is 0 Å². The summed E-state index contributed by atoms with van der Waals surface area (Å²) < 4.78 is 51.4. The summed E-state index contributed by atoms with van der Waals surface area (Å²) in [6.45, 7) is 0. The maximum atomic E-state index is 13.6. The number of halogens is 4. The summed E-state index contributed by atoms with van der Waals surface area (Å²) in [6, 6.07) is 11.3. The molecule has 1 atom stereocenters. The van der Waals surface area contributed by atoms with E-state index in [0.717, 1.165) is 11.6 Å². The molecule has 0 amide bonds. The van der Waals surface area contributed by atoms with Gasteiger partial charge >= 0.3 is 6.18 Å². The third-order valence-corrected chi connectivity index (χ3v) is 3.23. The van der Waals surface area contributed by atoms with Gasteiger partial charge in [-0.25, -0.2) is 4.39 Å². The average Bonchev–Trinajstić information content (AvgIpc) is 2.45. The summed E-state index contributed by atoms with van der Waals surface area (Å²) in [6.07, 6.45) is -5.21. The van der Waals surface area contributed by atoms with Gasteiger partial charge in [0.1, 0.15) is 5.82 Å². The lowest BCUT2D eigenvalue weighted by Crippen LogP contribution is -2.09. The molecule has 0 aliphatic heterocycles. The van der Waals surface area contributed by atoms with Crippen LogP contribution in [-0.2, 0) is 12.6 Å². The summed E-state index contributed by atoms with van der Waals surface area (Å²) in [5.41, 5.74) is -0.345. The van der Waals surface area contributed by atoms with Gasteiger partial charge in [0.2, 0.25) is 0 Å². The number of aliphatic hydroxyl groups excluding tert-OH is 1. The van der Waals surface area contributed by atoms with Crippen molar-refractivity contribution in [3.05, 3.63) is 71.0 Å². The molecule has 0 fully saturated rings. The van der Waals surface area contributed by atoms with Gasteiger partial charge in [0, 0.05) is 5.56 Å². The second-order valence-corrected chi connectivity index (χ2v) is 4.77. The molecule has 0 spiro atoms. The lowest BCUT2D eigenvalue weighted by atomic mass is 9.99. The molecule has 2 aromatic rings. The highest BCUT2D eigenvalue weighted by atomic mass is 19.4. The average molecular weight is 298 g/mol. The Morgan fingerprint density at radius 3 is 2.29 bits per heavy atom. The van der Waals surface area contributed by atoms with Gasteiger partial charge in [-0.3, -0.25) is 0 Å². The molecule has 2 rings (SSSR count). The van der Waals surface area contributed by atoms with Crippen LogP contribution in [0, 0.1) is 5.82 Å². The third kappa shape index (κ3) is 4.04. The van der Waals surface area contributed by atoms with Gasteiger partial charge < -0.3 is 5.11 Å². The van der Waals surface area contributed by atoms with E-state index < -0.39 is 23.7 Å². The smallest absolute Gasteiger partial charge is 0.388 e. The monoisotopic (exact) mass is 298 g/mol. The third-order valence-electron chi connectivity index (χ3n) is 3.23. The van der Waals surface area contributed by atoms with Crippen molar-refractivity contribution in [2.45, 2.75) is 25.1 Å². The maximum absolute atomic E-state index is 13.6. The Kier molecular flexibility index (Phi) is 4.63. The van der Waals surface area contributed by atoms with E-state index in [9.17, 15) is 22.7 Å². The van der Waals surface area contributed by atoms with Crippen molar-refractivity contribution in [3.8, 4) is 0 Å². The fourth-order valence-electron chi connectivity index (χ4n) is 2.08. The van der Waals surface area contributed by atoms with Crippen molar-refractivity contribution in [1.29, 1.82) is 0 Å². The molecule has 1 unspecified atom stereocenters. The minimum atomic E-state index is -4.55. The molecule has 0 aliphatic carbocycles. The molecule has 0 bridgehead atoms. The number of rotatable bonds is 4. The van der Waals surface area contributed by atoms with E-state index >= 15 is 0 Å². The van der Waals surface area contributed by atoms with Crippen LogP contribution >= 0.6 is 0 Å². The SMILES string of the molecule is OC(CCc1ccccc1)c1cc(C(F)(F)F)ccc1F. The molecule has 2 aromatic carbocycles. The Labute approximate surface area is 119 Å². The first-order valence-corrected chi connectivity index (χ1v) is 6.46. The minimum absolute atomic E-state index is 0.155. The molecular weight excluding hydrogens is 284 g/mol. The van der Waals surface area contributed by atoms with Crippen LogP contribution in [0.2, 0.25) is 0 Å². The maximum Gasteiger partial charge on any atom is 0.416 e. The number of alkyl halides is 3. The van der Waals surface area contributed by atoms with Gasteiger partial charge in [-0.15, -0.1) is 0 Å². The Balaban J connectivity index is 2.13. The normalized spacial score (nSPS) is 13.2. The van der Waals surface area contributed by atoms with Crippen LogP contribution in [0.1, 0.15) is 29.2 Å². The summed E-state index contributed by atoms with van der Waals surface area (Å²) in [5, 5.41) is 9.95. The lowest BCUT2D eigenvalue weighted by molar-refractivity contribution is -0.137. The van der Waals surface area contributed by atoms with Gasteiger partial charge in [0.25, 0.3) is 0 Å². The fraction of sp³-hybridized carbons (Fsp3) is 0.250. The molecular formula is C16H14F4O. The topological polar surface area (TPSA) is 20.2 Å². The Morgan fingerprint density at radius 2 is 1.67 bits per heavy atom. The van der Waals surface area contributed by atoms with Gasteiger partial charge in [0.15, 0.2) is 0 Å². The molecule has 1 nitrogen and oxygen atoms in total. The fourth-order valence-corrected chi connectivity index (χ4v) is 2.08. The highest BCUT2D eigenvalue weighted by Crippen LogP contribution is 2.32. The van der Waals surface area contributed by atoms with Crippen molar-refractivity contribution < 1.29 is 22.7 Å². The number of aliphatic hydroxyl groups is 1. The van der Waals surface area contributed by atoms with Crippen LogP contribution in [0.15, 0.2) is 48.5 Å². The van der Waals surface area contributed by atoms with Crippen LogP contribution in [0.3, 0.4) is 0 Å². The zero-order chi connectivity index (χ0) is 15.5. The molecule has 0 aliphatic rings. The first-order chi connectivity index (χ1) is 9.88. The Morgan fingerprint density at radius 1 is 1.00 bits per heavy atom. The van der Waals surface area contributed by atoms with Gasteiger partial charge in [-0.2, -0.15) is 13.2 Å². The standard InChI is InChI=1S/C16H14F4O/c17-14-8-7-12(16(18,19)20)10-13(14)15(21)9-6-11-4-2-1-3-5-11/h1-5,7-8,10,15,21H,6,9H2. The van der Waals surface area contributed by atoms with Crippen molar-refractivity contribution in [3.63, 3.8) is 0 Å². The van der Waals surface area contributed by atoms with Crippen molar-refractivity contribution in [2.75, 3.05) is 0 Å². The lowest BCUT2D eigenvalue weighted by Gasteiger charge is -2.14. The van der Waals surface area contributed by atoms with E-state index in [4.69, 9.17) is 0 Å². The van der Waals surface area contributed by atoms with E-state index in [1.54, 1.807) is 0 Å². The summed E-state index contributed by atoms with van der Waals surface area (Å²) in [5.74, 6) is -0.830. The zero-order valence-corrected chi connectivity index (χ0v) is 11.1. The van der Waals surface area contributed by atoms with E-state index in [1.807, 2.05) is 30.3 Å². The quantitative estimate of drug-likeness (QED) is 0.823. The molecule has 5 heteroatoms. The molecule has 0 radical (unpaired) electrons. The van der Waals surface area contributed by atoms with Gasteiger partial charge in [0.05, 0.1) is 11.7 Å². The van der Waals surface area contributed by atoms with Crippen molar-refractivity contribution in [1.82, 2.24) is 0 Å². The predicted octanol–water partition coefficient (Wildman–Crippen LogP) is 4.51. The molecule has 1 N–H and O–H groups in total. The number of benzene rings is 2. The zero-order valence-electron chi connectivity index (χ0n) is 11.1. The molecule has 21 heavy (non-hydrogen) atoms. The second kappa shape index (κ2) is 6.26. The van der Waals surface area contributed by atoms with Crippen LogP contribution in [0.5, 0.6) is 0 Å². The van der Waals surface area contributed by atoms with Crippen LogP contribution in [-0.4, -0.2) is 5.11 Å². The molecule has 112 valence electrons. The number of hydrogen-bond donors (Lipinski definition) is 1. The predicted molar refractivity (Wildman–Crippen MR) is 71.1 cm³/mol. The van der Waals surface area contributed by atoms with E-state index in [2.05, 4.69) is 0 Å².